The Labute approximate surface area is 137 Å². The molecule has 0 aliphatic carbocycles. The molecule has 0 saturated heterocycles. The maximum absolute atomic E-state index is 12.5. The fourth-order valence-corrected chi connectivity index (χ4v) is 2.77. The number of hydrogen-bond acceptors (Lipinski definition) is 3. The first-order valence-electron chi connectivity index (χ1n) is 7.58. The highest BCUT2D eigenvalue weighted by Gasteiger charge is 2.32. The van der Waals surface area contributed by atoms with Crippen LogP contribution in [-0.4, -0.2) is 24.0 Å². The maximum Gasteiger partial charge on any atom is 0.433 e. The number of benzene rings is 1. The Kier molecular flexibility index (Phi) is 4.53. The van der Waals surface area contributed by atoms with Crippen LogP contribution in [0.4, 0.5) is 13.2 Å². The summed E-state index contributed by atoms with van der Waals surface area (Å²) in [6.45, 7) is 1.18. The van der Waals surface area contributed by atoms with Gasteiger partial charge in [0, 0.05) is 18.8 Å². The summed E-state index contributed by atoms with van der Waals surface area (Å²) in [5.74, 6) is -0.443. The Morgan fingerprint density at radius 1 is 1.25 bits per heavy atom. The minimum Gasteiger partial charge on any atom is -0.350 e. The molecule has 1 amide bonds. The molecule has 1 aliphatic heterocycles. The van der Waals surface area contributed by atoms with Crippen molar-refractivity contribution in [3.05, 3.63) is 65.0 Å². The van der Waals surface area contributed by atoms with Crippen LogP contribution in [0.25, 0.3) is 0 Å². The van der Waals surface area contributed by atoms with Crippen molar-refractivity contribution in [3.8, 4) is 0 Å². The molecule has 1 unspecified atom stereocenters. The second-order valence-electron chi connectivity index (χ2n) is 5.60. The van der Waals surface area contributed by atoms with Gasteiger partial charge in [-0.15, -0.1) is 0 Å². The molecule has 0 fully saturated rings. The molecule has 7 heteroatoms. The van der Waals surface area contributed by atoms with Gasteiger partial charge in [-0.1, -0.05) is 24.3 Å². The van der Waals surface area contributed by atoms with Crippen molar-refractivity contribution in [1.29, 1.82) is 0 Å². The van der Waals surface area contributed by atoms with Crippen molar-refractivity contribution in [2.75, 3.05) is 13.1 Å². The Morgan fingerprint density at radius 2 is 2.04 bits per heavy atom. The molecule has 0 spiro atoms. The molecule has 2 N–H and O–H groups in total. The van der Waals surface area contributed by atoms with Crippen molar-refractivity contribution < 1.29 is 18.0 Å². The van der Waals surface area contributed by atoms with Crippen molar-refractivity contribution in [2.24, 2.45) is 0 Å². The SMILES string of the molecule is O=C(NCC1NCCc2ccccc21)c1ccc(C(F)(F)F)nc1. The molecule has 1 atom stereocenters. The minimum atomic E-state index is -4.51. The summed E-state index contributed by atoms with van der Waals surface area (Å²) in [6.07, 6.45) is -2.63. The number of nitrogens with one attached hydrogen (secondary N) is 2. The highest BCUT2D eigenvalue weighted by molar-refractivity contribution is 5.93. The quantitative estimate of drug-likeness (QED) is 0.907. The standard InChI is InChI=1S/C17H16F3N3O/c18-17(19,20)15-6-5-12(9-22-15)16(24)23-10-14-13-4-2-1-3-11(13)7-8-21-14/h1-6,9,14,21H,7-8,10H2,(H,23,24). The predicted molar refractivity (Wildman–Crippen MR) is 82.5 cm³/mol. The lowest BCUT2D eigenvalue weighted by atomic mass is 9.94. The third-order valence-corrected chi connectivity index (χ3v) is 4.00. The Hall–Kier alpha value is -2.41. The second kappa shape index (κ2) is 6.60. The first kappa shape index (κ1) is 16.4. The molecule has 3 rings (SSSR count). The average Bonchev–Trinajstić information content (AvgIpc) is 2.59. The van der Waals surface area contributed by atoms with Crippen LogP contribution in [0.15, 0.2) is 42.6 Å². The fourth-order valence-electron chi connectivity index (χ4n) is 2.77. The van der Waals surface area contributed by atoms with Crippen LogP contribution in [0.3, 0.4) is 0 Å². The predicted octanol–water partition coefficient (Wildman–Crippen LogP) is 2.72. The molecule has 0 bridgehead atoms. The Balaban J connectivity index is 1.64. The van der Waals surface area contributed by atoms with Gasteiger partial charge in [0.25, 0.3) is 5.91 Å². The zero-order valence-corrected chi connectivity index (χ0v) is 12.7. The third-order valence-electron chi connectivity index (χ3n) is 4.00. The van der Waals surface area contributed by atoms with Gasteiger partial charge in [0.05, 0.1) is 5.56 Å². The van der Waals surface area contributed by atoms with Crippen LogP contribution in [0, 0.1) is 0 Å². The summed E-state index contributed by atoms with van der Waals surface area (Å²) in [6, 6.07) is 9.93. The summed E-state index contributed by atoms with van der Waals surface area (Å²) in [5, 5.41) is 6.08. The van der Waals surface area contributed by atoms with Crippen LogP contribution in [-0.2, 0) is 12.6 Å². The lowest BCUT2D eigenvalue weighted by Crippen LogP contribution is -2.38. The van der Waals surface area contributed by atoms with Gasteiger partial charge in [-0.3, -0.25) is 9.78 Å². The monoisotopic (exact) mass is 335 g/mol. The van der Waals surface area contributed by atoms with E-state index in [4.69, 9.17) is 0 Å². The number of halogens is 3. The van der Waals surface area contributed by atoms with Crippen LogP contribution in [0.5, 0.6) is 0 Å². The average molecular weight is 335 g/mol. The molecule has 0 saturated carbocycles. The zero-order chi connectivity index (χ0) is 17.2. The van der Waals surface area contributed by atoms with E-state index in [2.05, 4.69) is 21.7 Å². The minimum absolute atomic E-state index is 0.0127. The lowest BCUT2D eigenvalue weighted by molar-refractivity contribution is -0.141. The van der Waals surface area contributed by atoms with Gasteiger partial charge in [-0.2, -0.15) is 13.2 Å². The Morgan fingerprint density at radius 3 is 2.75 bits per heavy atom. The van der Waals surface area contributed by atoms with Gasteiger partial charge >= 0.3 is 6.18 Å². The summed E-state index contributed by atoms with van der Waals surface area (Å²) < 4.78 is 37.4. The summed E-state index contributed by atoms with van der Waals surface area (Å²) in [4.78, 5) is 15.4. The second-order valence-corrected chi connectivity index (χ2v) is 5.60. The van der Waals surface area contributed by atoms with E-state index in [0.29, 0.717) is 6.54 Å². The van der Waals surface area contributed by atoms with Gasteiger partial charge < -0.3 is 10.6 Å². The van der Waals surface area contributed by atoms with E-state index >= 15 is 0 Å². The number of aromatic nitrogens is 1. The number of rotatable bonds is 3. The van der Waals surface area contributed by atoms with Crippen molar-refractivity contribution in [2.45, 2.75) is 18.6 Å². The number of carbonyl (C=O) groups excluding carboxylic acids is 1. The van der Waals surface area contributed by atoms with Gasteiger partial charge in [0.1, 0.15) is 5.69 Å². The molecule has 1 aromatic heterocycles. The maximum atomic E-state index is 12.5. The molecule has 0 radical (unpaired) electrons. The van der Waals surface area contributed by atoms with Crippen molar-refractivity contribution in [1.82, 2.24) is 15.6 Å². The van der Waals surface area contributed by atoms with Crippen LogP contribution in [0.2, 0.25) is 0 Å². The largest absolute Gasteiger partial charge is 0.433 e. The molecule has 126 valence electrons. The van der Waals surface area contributed by atoms with Gasteiger partial charge in [0.15, 0.2) is 0 Å². The molecule has 2 aromatic rings. The molecular formula is C17H16F3N3O. The number of fused-ring (bicyclic) bond motifs is 1. The number of amides is 1. The number of alkyl halides is 3. The smallest absolute Gasteiger partial charge is 0.350 e. The number of carbonyl (C=O) groups is 1. The van der Waals surface area contributed by atoms with Crippen molar-refractivity contribution >= 4 is 5.91 Å². The number of pyridine rings is 1. The molecule has 1 aliphatic rings. The molecule has 1 aromatic carbocycles. The van der Waals surface area contributed by atoms with Gasteiger partial charge in [0.2, 0.25) is 0 Å². The number of nitrogens with zero attached hydrogens (tertiary/aromatic N) is 1. The summed E-state index contributed by atoms with van der Waals surface area (Å²) in [7, 11) is 0. The first-order chi connectivity index (χ1) is 11.4. The number of hydrogen-bond donors (Lipinski definition) is 2. The zero-order valence-electron chi connectivity index (χ0n) is 12.7. The molecule has 2 heterocycles. The summed E-state index contributed by atoms with van der Waals surface area (Å²) in [5.41, 5.74) is 1.47. The Bertz CT molecular complexity index is 729. The van der Waals surface area contributed by atoms with E-state index in [9.17, 15) is 18.0 Å². The van der Waals surface area contributed by atoms with E-state index in [0.717, 1.165) is 36.9 Å². The van der Waals surface area contributed by atoms with Crippen LogP contribution >= 0.6 is 0 Å². The molecule has 4 nitrogen and oxygen atoms in total. The highest BCUT2D eigenvalue weighted by atomic mass is 19.4. The molecular weight excluding hydrogens is 319 g/mol. The van der Waals surface area contributed by atoms with E-state index in [1.807, 2.05) is 18.2 Å². The van der Waals surface area contributed by atoms with Gasteiger partial charge in [-0.05, 0) is 36.2 Å². The van der Waals surface area contributed by atoms with E-state index in [1.54, 1.807) is 0 Å². The first-order valence-corrected chi connectivity index (χ1v) is 7.58. The van der Waals surface area contributed by atoms with Crippen LogP contribution < -0.4 is 10.6 Å². The van der Waals surface area contributed by atoms with Crippen molar-refractivity contribution in [3.63, 3.8) is 0 Å². The lowest BCUT2D eigenvalue weighted by Gasteiger charge is -2.27. The van der Waals surface area contributed by atoms with E-state index in [-0.39, 0.29) is 11.6 Å². The van der Waals surface area contributed by atoms with Gasteiger partial charge in [-0.25, -0.2) is 0 Å². The van der Waals surface area contributed by atoms with E-state index < -0.39 is 17.8 Å². The topological polar surface area (TPSA) is 54.0 Å². The highest BCUT2D eigenvalue weighted by Crippen LogP contribution is 2.27. The molecule has 24 heavy (non-hydrogen) atoms. The van der Waals surface area contributed by atoms with Crippen LogP contribution in [0.1, 0.15) is 33.2 Å². The third kappa shape index (κ3) is 3.56. The van der Waals surface area contributed by atoms with E-state index in [1.165, 1.54) is 5.56 Å². The summed E-state index contributed by atoms with van der Waals surface area (Å²) >= 11 is 0. The fraction of sp³-hybridized carbons (Fsp3) is 0.294. The normalized spacial score (nSPS) is 17.2.